The van der Waals surface area contributed by atoms with Crippen molar-refractivity contribution in [3.05, 3.63) is 114 Å². The smallest absolute Gasteiger partial charge is 0.335 e. The van der Waals surface area contributed by atoms with Crippen molar-refractivity contribution in [1.29, 1.82) is 0 Å². The van der Waals surface area contributed by atoms with Gasteiger partial charge in [0.05, 0.1) is 17.3 Å². The normalized spacial score (nSPS) is 17.6. The van der Waals surface area contributed by atoms with Crippen molar-refractivity contribution < 1.29 is 9.90 Å². The molecule has 0 amide bonds. The van der Waals surface area contributed by atoms with Crippen LogP contribution in [0.1, 0.15) is 46.3 Å². The maximum Gasteiger partial charge on any atom is 0.335 e. The monoisotopic (exact) mass is 468 g/mol. The molecular weight excluding hydrogens is 444 g/mol. The predicted molar refractivity (Wildman–Crippen MR) is 136 cm³/mol. The van der Waals surface area contributed by atoms with E-state index in [0.29, 0.717) is 5.11 Å². The second-order valence-electron chi connectivity index (χ2n) is 8.18. The zero-order valence-electron chi connectivity index (χ0n) is 18.6. The van der Waals surface area contributed by atoms with E-state index in [0.717, 1.165) is 29.2 Å². The van der Waals surface area contributed by atoms with Crippen molar-refractivity contribution in [1.82, 2.24) is 14.9 Å². The van der Waals surface area contributed by atoms with Crippen molar-refractivity contribution in [2.24, 2.45) is 0 Å². The van der Waals surface area contributed by atoms with E-state index in [1.165, 1.54) is 5.56 Å². The number of rotatable bonds is 6. The molecule has 4 aromatic rings. The highest BCUT2D eigenvalue weighted by Crippen LogP contribution is 2.42. The average molecular weight is 469 g/mol. The maximum atomic E-state index is 11.6. The van der Waals surface area contributed by atoms with Gasteiger partial charge in [0.15, 0.2) is 5.11 Å². The molecule has 0 unspecified atom stereocenters. The quantitative estimate of drug-likeness (QED) is 0.374. The zero-order chi connectivity index (χ0) is 23.7. The summed E-state index contributed by atoms with van der Waals surface area (Å²) in [4.78, 5) is 18.3. The van der Waals surface area contributed by atoms with Gasteiger partial charge in [-0.3, -0.25) is 4.98 Å². The topological polar surface area (TPSA) is 70.4 Å². The molecule has 1 aliphatic rings. The molecule has 0 bridgehead atoms. The van der Waals surface area contributed by atoms with Gasteiger partial charge in [-0.1, -0.05) is 31.2 Å². The molecule has 1 saturated heterocycles. The number of hydrogen-bond donors (Lipinski definition) is 2. The van der Waals surface area contributed by atoms with Crippen molar-refractivity contribution >= 4 is 29.0 Å². The van der Waals surface area contributed by atoms with E-state index >= 15 is 0 Å². The van der Waals surface area contributed by atoms with Gasteiger partial charge in [-0.05, 0) is 78.8 Å². The first-order chi connectivity index (χ1) is 16.6. The number of aromatic carboxylic acids is 1. The van der Waals surface area contributed by atoms with E-state index in [1.54, 1.807) is 24.4 Å². The number of anilines is 1. The summed E-state index contributed by atoms with van der Waals surface area (Å²) in [5.41, 5.74) is 5.13. The molecule has 1 aliphatic heterocycles. The minimum absolute atomic E-state index is 0.184. The Balaban J connectivity index is 1.65. The fourth-order valence-corrected chi connectivity index (χ4v) is 4.83. The number of carboxylic acids is 1. The van der Waals surface area contributed by atoms with Gasteiger partial charge in [0.25, 0.3) is 0 Å². The van der Waals surface area contributed by atoms with Crippen LogP contribution in [-0.2, 0) is 6.42 Å². The number of thiocarbonyl (C=S) groups is 1. The fourth-order valence-electron chi connectivity index (χ4n) is 4.48. The molecule has 6 nitrogen and oxygen atoms in total. The molecule has 0 aliphatic carbocycles. The fraction of sp³-hybridized carbons (Fsp3) is 0.148. The minimum Gasteiger partial charge on any atom is -0.478 e. The molecular formula is C27H24N4O2S. The van der Waals surface area contributed by atoms with Crippen LogP contribution in [0.15, 0.2) is 91.3 Å². The molecule has 170 valence electrons. The highest BCUT2D eigenvalue weighted by molar-refractivity contribution is 7.80. The van der Waals surface area contributed by atoms with Crippen LogP contribution >= 0.6 is 12.2 Å². The lowest BCUT2D eigenvalue weighted by molar-refractivity contribution is 0.0697. The first-order valence-electron chi connectivity index (χ1n) is 11.2. The minimum atomic E-state index is -0.955. The van der Waals surface area contributed by atoms with Crippen LogP contribution in [0.5, 0.6) is 0 Å². The van der Waals surface area contributed by atoms with Crippen molar-refractivity contribution in [2.75, 3.05) is 4.90 Å². The third-order valence-corrected chi connectivity index (χ3v) is 6.49. The van der Waals surface area contributed by atoms with Crippen molar-refractivity contribution in [3.63, 3.8) is 0 Å². The molecule has 2 aromatic heterocycles. The molecule has 2 atom stereocenters. The van der Waals surface area contributed by atoms with Crippen LogP contribution in [0, 0.1) is 0 Å². The van der Waals surface area contributed by atoms with Gasteiger partial charge in [-0.2, -0.15) is 0 Å². The Morgan fingerprint density at radius 1 is 1.03 bits per heavy atom. The molecule has 2 aromatic carbocycles. The first-order valence-corrected chi connectivity index (χ1v) is 11.6. The highest BCUT2D eigenvalue weighted by atomic mass is 32.1. The van der Waals surface area contributed by atoms with E-state index in [-0.39, 0.29) is 17.6 Å². The summed E-state index contributed by atoms with van der Waals surface area (Å²) in [5.74, 6) is -0.955. The van der Waals surface area contributed by atoms with E-state index in [1.807, 2.05) is 41.1 Å². The lowest BCUT2D eigenvalue weighted by Crippen LogP contribution is -2.30. The summed E-state index contributed by atoms with van der Waals surface area (Å²) >= 11 is 5.83. The average Bonchev–Trinajstić information content (AvgIpc) is 3.49. The molecule has 34 heavy (non-hydrogen) atoms. The highest BCUT2D eigenvalue weighted by Gasteiger charge is 2.42. The number of nitrogens with one attached hydrogen (secondary N) is 1. The van der Waals surface area contributed by atoms with Gasteiger partial charge < -0.3 is 19.9 Å². The summed E-state index contributed by atoms with van der Waals surface area (Å²) in [7, 11) is 0. The Bertz CT molecular complexity index is 1330. The lowest BCUT2D eigenvalue weighted by atomic mass is 10.0. The SMILES string of the molecule is CCc1ccc(N2C(=S)N[C@H](c3ccccn3)[C@@H]2c2cccn2-c2cccc(C(=O)O)c2)cc1. The summed E-state index contributed by atoms with van der Waals surface area (Å²) in [6, 6.07) is 24.9. The van der Waals surface area contributed by atoms with Gasteiger partial charge in [0, 0.05) is 29.5 Å². The van der Waals surface area contributed by atoms with E-state index in [2.05, 4.69) is 52.5 Å². The van der Waals surface area contributed by atoms with E-state index < -0.39 is 5.97 Å². The van der Waals surface area contributed by atoms with Gasteiger partial charge in [0.2, 0.25) is 0 Å². The number of benzene rings is 2. The van der Waals surface area contributed by atoms with Crippen molar-refractivity contribution in [3.8, 4) is 5.69 Å². The second kappa shape index (κ2) is 9.11. The number of aromatic nitrogens is 2. The lowest BCUT2D eigenvalue weighted by Gasteiger charge is -2.29. The van der Waals surface area contributed by atoms with Gasteiger partial charge >= 0.3 is 5.97 Å². The Labute approximate surface area is 203 Å². The number of carbonyl (C=O) groups is 1. The molecule has 0 radical (unpaired) electrons. The van der Waals surface area contributed by atoms with Crippen molar-refractivity contribution in [2.45, 2.75) is 25.4 Å². The third-order valence-electron chi connectivity index (χ3n) is 6.18. The molecule has 0 saturated carbocycles. The van der Waals surface area contributed by atoms with Gasteiger partial charge in [-0.15, -0.1) is 0 Å². The summed E-state index contributed by atoms with van der Waals surface area (Å²) in [6.45, 7) is 2.13. The third kappa shape index (κ3) is 3.95. The Morgan fingerprint density at radius 2 is 1.85 bits per heavy atom. The number of hydrogen-bond acceptors (Lipinski definition) is 3. The molecule has 7 heteroatoms. The van der Waals surface area contributed by atoms with Crippen LogP contribution in [0.2, 0.25) is 0 Å². The number of nitrogens with zero attached hydrogens (tertiary/aromatic N) is 3. The summed E-state index contributed by atoms with van der Waals surface area (Å²) in [6.07, 6.45) is 4.70. The first kappa shape index (κ1) is 21.9. The van der Waals surface area contributed by atoms with Crippen LogP contribution in [0.3, 0.4) is 0 Å². The van der Waals surface area contributed by atoms with Crippen LogP contribution < -0.4 is 10.2 Å². The molecule has 3 heterocycles. The number of carboxylic acid groups (broad SMARTS) is 1. The largest absolute Gasteiger partial charge is 0.478 e. The van der Waals surface area contributed by atoms with E-state index in [9.17, 15) is 9.90 Å². The summed E-state index contributed by atoms with van der Waals surface area (Å²) < 4.78 is 2.02. The van der Waals surface area contributed by atoms with Gasteiger partial charge in [-0.25, -0.2) is 4.79 Å². The van der Waals surface area contributed by atoms with Crippen LogP contribution in [0.25, 0.3) is 5.69 Å². The Hall–Kier alpha value is -3.97. The van der Waals surface area contributed by atoms with Gasteiger partial charge in [0.1, 0.15) is 6.04 Å². The molecule has 1 fully saturated rings. The Morgan fingerprint density at radius 3 is 2.56 bits per heavy atom. The van der Waals surface area contributed by atoms with E-state index in [4.69, 9.17) is 12.2 Å². The molecule has 0 spiro atoms. The van der Waals surface area contributed by atoms with Crippen LogP contribution in [0.4, 0.5) is 5.69 Å². The van der Waals surface area contributed by atoms with Crippen LogP contribution in [-0.4, -0.2) is 25.7 Å². The standard InChI is InChI=1S/C27H24N4O2S/c1-2-18-11-13-20(14-12-18)31-25(24(29-27(31)34)22-9-3-4-15-28-22)23-10-6-16-30(23)21-8-5-7-19(17-21)26(32)33/h3-17,24-25H,2H2,1H3,(H,29,34)(H,32,33)/t24-,25+/m1/s1. The predicted octanol–water partition coefficient (Wildman–Crippen LogP) is 5.31. The number of pyridine rings is 1. The zero-order valence-corrected chi connectivity index (χ0v) is 19.4. The molecule has 2 N–H and O–H groups in total. The number of aryl methyl sites for hydroxylation is 1. The summed E-state index contributed by atoms with van der Waals surface area (Å²) in [5, 5.41) is 13.6. The second-order valence-corrected chi connectivity index (χ2v) is 8.56. The maximum absolute atomic E-state index is 11.6. The Kier molecular flexibility index (Phi) is 5.86. The molecule has 5 rings (SSSR count).